The third kappa shape index (κ3) is 3.64. The van der Waals surface area contributed by atoms with Gasteiger partial charge in [0, 0.05) is 6.54 Å². The first-order valence-corrected chi connectivity index (χ1v) is 5.35. The molecule has 102 valence electrons. The first-order chi connectivity index (χ1) is 8.39. The zero-order valence-electron chi connectivity index (χ0n) is 10.2. The van der Waals surface area contributed by atoms with Crippen molar-refractivity contribution < 1.29 is 17.9 Å². The standard InChI is InChI=1S/C10H15F3N4O/c1-3-4-17(5-10(11,12)13)8-7(14)9(18-2)16-6-15-8/h6H,3-5,14H2,1-2H3. The van der Waals surface area contributed by atoms with E-state index in [0.29, 0.717) is 6.42 Å². The van der Waals surface area contributed by atoms with Crippen LogP contribution in [0.3, 0.4) is 0 Å². The van der Waals surface area contributed by atoms with Gasteiger partial charge >= 0.3 is 6.18 Å². The number of halogens is 3. The van der Waals surface area contributed by atoms with E-state index in [2.05, 4.69) is 9.97 Å². The molecule has 1 rings (SSSR count). The highest BCUT2D eigenvalue weighted by molar-refractivity contribution is 5.67. The smallest absolute Gasteiger partial charge is 0.405 e. The van der Waals surface area contributed by atoms with E-state index in [1.807, 2.05) is 0 Å². The maximum Gasteiger partial charge on any atom is 0.405 e. The predicted octanol–water partition coefficient (Wildman–Crippen LogP) is 1.85. The number of ether oxygens (including phenoxy) is 1. The summed E-state index contributed by atoms with van der Waals surface area (Å²) in [6.45, 7) is 0.868. The number of hydrogen-bond acceptors (Lipinski definition) is 5. The Balaban J connectivity index is 3.05. The Kier molecular flexibility index (Phi) is 4.57. The number of hydrogen-bond donors (Lipinski definition) is 1. The molecule has 0 aliphatic rings. The summed E-state index contributed by atoms with van der Waals surface area (Å²) in [4.78, 5) is 8.60. The summed E-state index contributed by atoms with van der Waals surface area (Å²) in [6.07, 6.45) is -2.65. The van der Waals surface area contributed by atoms with Gasteiger partial charge < -0.3 is 15.4 Å². The third-order valence-corrected chi connectivity index (χ3v) is 2.18. The summed E-state index contributed by atoms with van der Waals surface area (Å²) < 4.78 is 42.3. The van der Waals surface area contributed by atoms with Crippen molar-refractivity contribution >= 4 is 11.5 Å². The average molecular weight is 264 g/mol. The summed E-state index contributed by atoms with van der Waals surface area (Å²) in [7, 11) is 1.34. The molecule has 0 atom stereocenters. The largest absolute Gasteiger partial charge is 0.479 e. The molecular weight excluding hydrogens is 249 g/mol. The monoisotopic (exact) mass is 264 g/mol. The van der Waals surface area contributed by atoms with Crippen molar-refractivity contribution in [3.63, 3.8) is 0 Å². The van der Waals surface area contributed by atoms with Crippen molar-refractivity contribution in [3.8, 4) is 5.88 Å². The number of aromatic nitrogens is 2. The van der Waals surface area contributed by atoms with Gasteiger partial charge in [-0.2, -0.15) is 18.2 Å². The van der Waals surface area contributed by atoms with Crippen molar-refractivity contribution in [2.24, 2.45) is 0 Å². The quantitative estimate of drug-likeness (QED) is 0.879. The average Bonchev–Trinajstić information content (AvgIpc) is 2.27. The minimum atomic E-state index is -4.32. The molecule has 0 aliphatic carbocycles. The molecule has 0 saturated carbocycles. The second kappa shape index (κ2) is 5.74. The highest BCUT2D eigenvalue weighted by Crippen LogP contribution is 2.29. The van der Waals surface area contributed by atoms with Gasteiger partial charge in [0.15, 0.2) is 5.82 Å². The van der Waals surface area contributed by atoms with Crippen LogP contribution < -0.4 is 15.4 Å². The molecule has 0 unspecified atom stereocenters. The van der Waals surface area contributed by atoms with E-state index < -0.39 is 12.7 Å². The number of anilines is 2. The van der Waals surface area contributed by atoms with E-state index in [-0.39, 0.29) is 23.9 Å². The molecule has 0 fully saturated rings. The van der Waals surface area contributed by atoms with Crippen LogP contribution in [-0.2, 0) is 0 Å². The topological polar surface area (TPSA) is 64.3 Å². The van der Waals surface area contributed by atoms with Crippen LogP contribution >= 0.6 is 0 Å². The molecule has 1 aromatic heterocycles. The zero-order chi connectivity index (χ0) is 13.8. The highest BCUT2D eigenvalue weighted by Gasteiger charge is 2.32. The SMILES string of the molecule is CCCN(CC(F)(F)F)c1ncnc(OC)c1N. The maximum atomic E-state index is 12.5. The van der Waals surface area contributed by atoms with Gasteiger partial charge in [-0.15, -0.1) is 0 Å². The lowest BCUT2D eigenvalue weighted by Gasteiger charge is -2.25. The number of nitrogens with zero attached hydrogens (tertiary/aromatic N) is 3. The van der Waals surface area contributed by atoms with E-state index in [1.54, 1.807) is 6.92 Å². The van der Waals surface area contributed by atoms with Crippen LogP contribution in [0.15, 0.2) is 6.33 Å². The Hall–Kier alpha value is -1.73. The molecule has 2 N–H and O–H groups in total. The van der Waals surface area contributed by atoms with Crippen molar-refractivity contribution in [3.05, 3.63) is 6.33 Å². The molecular formula is C10H15F3N4O. The Morgan fingerprint density at radius 3 is 2.56 bits per heavy atom. The molecule has 0 aromatic carbocycles. The zero-order valence-corrected chi connectivity index (χ0v) is 10.2. The second-order valence-corrected chi connectivity index (χ2v) is 3.66. The fraction of sp³-hybridized carbons (Fsp3) is 0.600. The van der Waals surface area contributed by atoms with Gasteiger partial charge in [-0.3, -0.25) is 0 Å². The van der Waals surface area contributed by atoms with Crippen LogP contribution in [0.2, 0.25) is 0 Å². The molecule has 1 aromatic rings. The van der Waals surface area contributed by atoms with E-state index in [9.17, 15) is 13.2 Å². The van der Waals surface area contributed by atoms with Crippen LogP contribution in [0.4, 0.5) is 24.7 Å². The van der Waals surface area contributed by atoms with Crippen LogP contribution in [0.25, 0.3) is 0 Å². The van der Waals surface area contributed by atoms with E-state index in [1.165, 1.54) is 7.11 Å². The van der Waals surface area contributed by atoms with E-state index in [4.69, 9.17) is 10.5 Å². The Morgan fingerprint density at radius 2 is 2.06 bits per heavy atom. The molecule has 0 amide bonds. The molecule has 0 spiro atoms. The Bertz CT molecular complexity index is 397. The number of methoxy groups -OCH3 is 1. The number of alkyl halides is 3. The molecule has 5 nitrogen and oxygen atoms in total. The van der Waals surface area contributed by atoms with Crippen LogP contribution in [-0.4, -0.2) is 36.3 Å². The first kappa shape index (κ1) is 14.3. The minimum Gasteiger partial charge on any atom is -0.479 e. The number of nitrogens with two attached hydrogens (primary N) is 1. The van der Waals surface area contributed by atoms with Crippen LogP contribution in [0, 0.1) is 0 Å². The summed E-state index contributed by atoms with van der Waals surface area (Å²) in [5, 5.41) is 0. The molecule has 1 heterocycles. The first-order valence-electron chi connectivity index (χ1n) is 5.35. The fourth-order valence-electron chi connectivity index (χ4n) is 1.53. The van der Waals surface area contributed by atoms with Crippen molar-refractivity contribution in [1.29, 1.82) is 0 Å². The van der Waals surface area contributed by atoms with Crippen molar-refractivity contribution in [2.75, 3.05) is 30.8 Å². The van der Waals surface area contributed by atoms with Gasteiger partial charge in [0.25, 0.3) is 0 Å². The number of rotatable bonds is 5. The molecule has 0 radical (unpaired) electrons. The molecule has 0 saturated heterocycles. The molecule has 0 aliphatic heterocycles. The van der Waals surface area contributed by atoms with E-state index in [0.717, 1.165) is 11.2 Å². The maximum absolute atomic E-state index is 12.5. The van der Waals surface area contributed by atoms with Crippen LogP contribution in [0.1, 0.15) is 13.3 Å². The Morgan fingerprint density at radius 1 is 1.39 bits per heavy atom. The second-order valence-electron chi connectivity index (χ2n) is 3.66. The van der Waals surface area contributed by atoms with Gasteiger partial charge in [0.05, 0.1) is 7.11 Å². The highest BCUT2D eigenvalue weighted by atomic mass is 19.4. The Labute approximate surface area is 103 Å². The van der Waals surface area contributed by atoms with Crippen molar-refractivity contribution in [2.45, 2.75) is 19.5 Å². The predicted molar refractivity (Wildman–Crippen MR) is 61.6 cm³/mol. The minimum absolute atomic E-state index is 0.0118. The van der Waals surface area contributed by atoms with Gasteiger partial charge in [0.2, 0.25) is 5.88 Å². The van der Waals surface area contributed by atoms with E-state index >= 15 is 0 Å². The summed E-state index contributed by atoms with van der Waals surface area (Å²) in [5.74, 6) is 0.115. The van der Waals surface area contributed by atoms with Gasteiger partial charge in [-0.1, -0.05) is 6.92 Å². The van der Waals surface area contributed by atoms with Gasteiger partial charge in [0.1, 0.15) is 18.6 Å². The summed E-state index contributed by atoms with van der Waals surface area (Å²) >= 11 is 0. The molecule has 8 heteroatoms. The molecule has 0 bridgehead atoms. The lowest BCUT2D eigenvalue weighted by molar-refractivity contribution is -0.119. The third-order valence-electron chi connectivity index (χ3n) is 2.18. The van der Waals surface area contributed by atoms with Gasteiger partial charge in [-0.25, -0.2) is 4.98 Å². The summed E-state index contributed by atoms with van der Waals surface area (Å²) in [6, 6.07) is 0. The van der Waals surface area contributed by atoms with Gasteiger partial charge in [-0.05, 0) is 6.42 Å². The lowest BCUT2D eigenvalue weighted by atomic mass is 10.3. The fourth-order valence-corrected chi connectivity index (χ4v) is 1.53. The van der Waals surface area contributed by atoms with Crippen molar-refractivity contribution in [1.82, 2.24) is 9.97 Å². The number of nitrogen functional groups attached to an aromatic ring is 1. The normalized spacial score (nSPS) is 11.4. The summed E-state index contributed by atoms with van der Waals surface area (Å²) in [5.41, 5.74) is 5.70. The lowest BCUT2D eigenvalue weighted by Crippen LogP contribution is -2.36. The van der Waals surface area contributed by atoms with Crippen LogP contribution in [0.5, 0.6) is 5.88 Å². The molecule has 18 heavy (non-hydrogen) atoms.